The van der Waals surface area contributed by atoms with Crippen LogP contribution in [-0.4, -0.2) is 80.3 Å². The van der Waals surface area contributed by atoms with Crippen LogP contribution in [0.4, 0.5) is 5.69 Å². The first-order valence-electron chi connectivity index (χ1n) is 14.9. The van der Waals surface area contributed by atoms with Crippen molar-refractivity contribution in [3.05, 3.63) is 42.0 Å². The predicted octanol–water partition coefficient (Wildman–Crippen LogP) is 3.65. The third-order valence-corrected chi connectivity index (χ3v) is 11.3. The van der Waals surface area contributed by atoms with E-state index in [1.165, 1.54) is 16.7 Å². The zero-order chi connectivity index (χ0) is 30.0. The number of aliphatic imine (C=N–C) groups is 1. The Morgan fingerprint density at radius 1 is 1.24 bits per heavy atom. The first kappa shape index (κ1) is 29.5. The lowest BCUT2D eigenvalue weighted by atomic mass is 9.74. The van der Waals surface area contributed by atoms with Crippen LogP contribution in [0.5, 0.6) is 0 Å². The average molecular weight is 597 g/mol. The Hall–Kier alpha value is -2.53. The van der Waals surface area contributed by atoms with Gasteiger partial charge in [-0.3, -0.25) is 19.3 Å². The van der Waals surface area contributed by atoms with E-state index in [4.69, 9.17) is 9.47 Å². The third kappa shape index (κ3) is 5.04. The molecule has 226 valence electrons. The minimum Gasteiger partial charge on any atom is -0.459 e. The van der Waals surface area contributed by atoms with E-state index in [0.29, 0.717) is 35.4 Å². The second-order valence-electron chi connectivity index (χ2n) is 13.4. The second-order valence-corrected chi connectivity index (χ2v) is 14.3. The molecule has 1 aromatic carbocycles. The van der Waals surface area contributed by atoms with Gasteiger partial charge in [-0.05, 0) is 67.1 Å². The van der Waals surface area contributed by atoms with Gasteiger partial charge < -0.3 is 19.7 Å². The molecular formula is C32H40N2O7S. The van der Waals surface area contributed by atoms with Gasteiger partial charge in [0.2, 0.25) is 5.91 Å². The SMILES string of the molecule is C/C1=C\[C@@H]2[C@H](CC[C@]3(CO3)[C@H](OC(=O)CCN3C(=O)CSC3=Nc3ccccc3)[C@H]3[C@@H](O)[C@@H](C)C[C@]3(O)C1=O)C2(C)C. The number of amidine groups is 1. The number of rotatable bonds is 5. The first-order chi connectivity index (χ1) is 19.9. The molecule has 0 radical (unpaired) electrons. The number of ketones is 1. The van der Waals surface area contributed by atoms with Gasteiger partial charge in [0.1, 0.15) is 17.3 Å². The van der Waals surface area contributed by atoms with Gasteiger partial charge in [0, 0.05) is 6.54 Å². The van der Waals surface area contributed by atoms with Crippen LogP contribution < -0.4 is 0 Å². The highest BCUT2D eigenvalue weighted by molar-refractivity contribution is 8.15. The summed E-state index contributed by atoms with van der Waals surface area (Å²) in [5.74, 6) is -1.74. The minimum absolute atomic E-state index is 0.0206. The fourth-order valence-electron chi connectivity index (χ4n) is 7.58. The number of amides is 1. The van der Waals surface area contributed by atoms with Crippen molar-refractivity contribution in [1.82, 2.24) is 4.90 Å². The number of epoxide rings is 1. The van der Waals surface area contributed by atoms with E-state index < -0.39 is 41.1 Å². The maximum absolute atomic E-state index is 13.9. The second kappa shape index (κ2) is 10.6. The molecule has 4 fully saturated rings. The molecule has 2 saturated carbocycles. The molecule has 6 rings (SSSR count). The van der Waals surface area contributed by atoms with Gasteiger partial charge in [-0.2, -0.15) is 0 Å². The van der Waals surface area contributed by atoms with Crippen LogP contribution in [-0.2, 0) is 23.9 Å². The Kier molecular flexibility index (Phi) is 7.44. The van der Waals surface area contributed by atoms with Crippen LogP contribution in [0, 0.1) is 29.1 Å². The van der Waals surface area contributed by atoms with E-state index >= 15 is 0 Å². The topological polar surface area (TPSA) is 129 Å². The summed E-state index contributed by atoms with van der Waals surface area (Å²) in [7, 11) is 0. The van der Waals surface area contributed by atoms with Crippen LogP contribution in [0.1, 0.15) is 53.4 Å². The largest absolute Gasteiger partial charge is 0.459 e. The molecule has 8 atom stereocenters. The van der Waals surface area contributed by atoms with E-state index in [1.54, 1.807) is 13.8 Å². The molecule has 0 bridgehead atoms. The number of esters is 1. The Balaban J connectivity index is 1.25. The number of thioether (sulfide) groups is 1. The molecule has 2 heterocycles. The van der Waals surface area contributed by atoms with Crippen molar-refractivity contribution < 1.29 is 34.1 Å². The molecule has 1 spiro atoms. The van der Waals surface area contributed by atoms with E-state index in [0.717, 1.165) is 6.42 Å². The van der Waals surface area contributed by atoms with Crippen LogP contribution in [0.15, 0.2) is 47.0 Å². The summed E-state index contributed by atoms with van der Waals surface area (Å²) in [5, 5.41) is 23.9. The number of carbonyl (C=O) groups is 3. The number of allylic oxidation sites excluding steroid dienone is 1. The minimum atomic E-state index is -1.89. The maximum atomic E-state index is 13.9. The maximum Gasteiger partial charge on any atom is 0.307 e. The lowest BCUT2D eigenvalue weighted by Gasteiger charge is -2.38. The predicted molar refractivity (Wildman–Crippen MR) is 158 cm³/mol. The molecule has 5 aliphatic rings. The van der Waals surface area contributed by atoms with Crippen LogP contribution in [0.2, 0.25) is 0 Å². The molecule has 0 unspecified atom stereocenters. The van der Waals surface area contributed by atoms with Gasteiger partial charge in [-0.25, -0.2) is 4.99 Å². The molecule has 0 aromatic heterocycles. The number of aliphatic hydroxyl groups excluding tert-OH is 1. The standard InChI is InChI=1S/C32H40N2O7S/c1-18-14-22-21(30(22,3)4)10-12-31(17-40-31)28(25-26(37)19(2)15-32(25,39)27(18)38)41-24(36)11-13-34-23(35)16-42-29(34)33-20-8-6-5-7-9-20/h5-9,14,19,21-22,25-26,28,37,39H,10-13,15-17H2,1-4H3/b18-14+,33-29?/t19-,21-,22+,25+,26-,28+,31-,32+/m0/s1. The molecule has 2 saturated heterocycles. The van der Waals surface area contributed by atoms with Crippen LogP contribution in [0.3, 0.4) is 0 Å². The van der Waals surface area contributed by atoms with Crippen LogP contribution >= 0.6 is 11.8 Å². The summed E-state index contributed by atoms with van der Waals surface area (Å²) in [5.41, 5.74) is -1.55. The number of benzene rings is 1. The van der Waals surface area contributed by atoms with E-state index in [1.807, 2.05) is 36.4 Å². The molecule has 1 aromatic rings. The number of para-hydroxylation sites is 1. The number of carbonyl (C=O) groups excluding carboxylic acids is 3. The van der Waals surface area contributed by atoms with Crippen molar-refractivity contribution in [2.75, 3.05) is 18.9 Å². The Morgan fingerprint density at radius 2 is 1.95 bits per heavy atom. The molecule has 3 aliphatic carbocycles. The summed E-state index contributed by atoms with van der Waals surface area (Å²) >= 11 is 1.32. The Morgan fingerprint density at radius 3 is 2.64 bits per heavy atom. The molecule has 2 N–H and O–H groups in total. The Bertz CT molecular complexity index is 1340. The van der Waals surface area contributed by atoms with Gasteiger partial charge in [0.25, 0.3) is 0 Å². The zero-order valence-corrected chi connectivity index (χ0v) is 25.4. The van der Waals surface area contributed by atoms with E-state index in [9.17, 15) is 24.6 Å². The number of ether oxygens (including phenoxy) is 2. The van der Waals surface area contributed by atoms with E-state index in [-0.39, 0.29) is 48.3 Å². The number of hydrogen-bond donors (Lipinski definition) is 2. The van der Waals surface area contributed by atoms with E-state index in [2.05, 4.69) is 18.8 Å². The summed E-state index contributed by atoms with van der Waals surface area (Å²) in [6, 6.07) is 9.31. The smallest absolute Gasteiger partial charge is 0.307 e. The summed E-state index contributed by atoms with van der Waals surface area (Å²) in [4.78, 5) is 46.0. The molecule has 1 amide bonds. The molecule has 2 aliphatic heterocycles. The molecule has 10 heteroatoms. The first-order valence-corrected chi connectivity index (χ1v) is 15.9. The van der Waals surface area contributed by atoms with Crippen molar-refractivity contribution in [2.45, 2.75) is 76.8 Å². The van der Waals surface area contributed by atoms with Crippen molar-refractivity contribution in [1.29, 1.82) is 0 Å². The highest BCUT2D eigenvalue weighted by Crippen LogP contribution is 2.63. The number of Topliss-reactive ketones (excluding diaryl/α,β-unsaturated/α-hetero) is 1. The van der Waals surface area contributed by atoms with Crippen LogP contribution in [0.25, 0.3) is 0 Å². The summed E-state index contributed by atoms with van der Waals surface area (Å²) in [6.07, 6.45) is 1.31. The highest BCUT2D eigenvalue weighted by Gasteiger charge is 2.68. The van der Waals surface area contributed by atoms with Crippen molar-refractivity contribution in [3.8, 4) is 0 Å². The number of aliphatic hydroxyl groups is 2. The Labute approximate surface area is 250 Å². The van der Waals surface area contributed by atoms with Gasteiger partial charge in [-0.1, -0.05) is 56.8 Å². The van der Waals surface area contributed by atoms with Crippen molar-refractivity contribution >= 4 is 40.3 Å². The van der Waals surface area contributed by atoms with Gasteiger partial charge >= 0.3 is 5.97 Å². The van der Waals surface area contributed by atoms with Gasteiger partial charge in [0.05, 0.1) is 36.5 Å². The zero-order valence-electron chi connectivity index (χ0n) is 24.6. The normalized spacial score (nSPS) is 41.1. The van der Waals surface area contributed by atoms with Gasteiger partial charge in [0.15, 0.2) is 11.0 Å². The lowest BCUT2D eigenvalue weighted by Crippen LogP contribution is -2.56. The highest BCUT2D eigenvalue weighted by atomic mass is 32.2. The number of fused-ring (bicyclic) bond motifs is 2. The van der Waals surface area contributed by atoms with Crippen molar-refractivity contribution in [3.63, 3.8) is 0 Å². The summed E-state index contributed by atoms with van der Waals surface area (Å²) in [6.45, 7) is 8.33. The molecule has 42 heavy (non-hydrogen) atoms. The molecular weight excluding hydrogens is 556 g/mol. The quantitative estimate of drug-likeness (QED) is 0.389. The third-order valence-electron chi connectivity index (χ3n) is 10.3. The molecule has 9 nitrogen and oxygen atoms in total. The van der Waals surface area contributed by atoms with Gasteiger partial charge in [-0.15, -0.1) is 0 Å². The number of nitrogens with zero attached hydrogens (tertiary/aromatic N) is 2. The fraction of sp³-hybridized carbons (Fsp3) is 0.625. The number of hydrogen-bond acceptors (Lipinski definition) is 9. The lowest BCUT2D eigenvalue weighted by molar-refractivity contribution is -0.174. The average Bonchev–Trinajstić information content (AvgIpc) is 3.76. The monoisotopic (exact) mass is 596 g/mol. The van der Waals surface area contributed by atoms with Crippen molar-refractivity contribution in [2.24, 2.45) is 34.1 Å². The summed E-state index contributed by atoms with van der Waals surface area (Å²) < 4.78 is 12.2. The fourth-order valence-corrected chi connectivity index (χ4v) is 8.51.